The highest BCUT2D eigenvalue weighted by Crippen LogP contribution is 2.17. The molecule has 1 aliphatic heterocycles. The van der Waals surface area contributed by atoms with E-state index in [1.54, 1.807) is 12.1 Å². The van der Waals surface area contributed by atoms with Crippen molar-refractivity contribution < 1.29 is 9.66 Å². The molecule has 6 nitrogen and oxygen atoms in total. The summed E-state index contributed by atoms with van der Waals surface area (Å²) >= 11 is 5.22. The molecule has 20 heavy (non-hydrogen) atoms. The SMILES string of the molecule is CC(NC(=S)Nc1ccc([N+](=O)[O-])cc1)C1CCCO1. The third-order valence-corrected chi connectivity index (χ3v) is 3.44. The molecule has 0 aromatic heterocycles. The molecule has 0 aliphatic carbocycles. The van der Waals surface area contributed by atoms with Crippen LogP contribution < -0.4 is 10.6 Å². The van der Waals surface area contributed by atoms with Crippen LogP contribution in [-0.2, 0) is 4.74 Å². The van der Waals surface area contributed by atoms with Gasteiger partial charge in [0.25, 0.3) is 5.69 Å². The molecule has 1 aromatic rings. The molecule has 1 heterocycles. The summed E-state index contributed by atoms with van der Waals surface area (Å²) < 4.78 is 5.58. The average molecular weight is 295 g/mol. The molecule has 0 radical (unpaired) electrons. The predicted octanol–water partition coefficient (Wildman–Crippen LogP) is 2.45. The Balaban J connectivity index is 1.85. The van der Waals surface area contributed by atoms with Gasteiger partial charge in [-0.15, -0.1) is 0 Å². The minimum absolute atomic E-state index is 0.0575. The van der Waals surface area contributed by atoms with E-state index in [1.165, 1.54) is 12.1 Å². The summed E-state index contributed by atoms with van der Waals surface area (Å²) in [6.07, 6.45) is 2.31. The molecule has 2 unspecified atom stereocenters. The van der Waals surface area contributed by atoms with Crippen LogP contribution in [0.25, 0.3) is 0 Å². The maximum absolute atomic E-state index is 10.6. The van der Waals surface area contributed by atoms with Crippen molar-refractivity contribution in [2.45, 2.75) is 31.9 Å². The Morgan fingerprint density at radius 1 is 1.50 bits per heavy atom. The standard InChI is InChI=1S/C13H17N3O3S/c1-9(12-3-2-8-19-12)14-13(20)15-10-4-6-11(7-5-10)16(17)18/h4-7,9,12H,2-3,8H2,1H3,(H2,14,15,20). The van der Waals surface area contributed by atoms with Gasteiger partial charge in [-0.25, -0.2) is 0 Å². The number of ether oxygens (including phenoxy) is 1. The summed E-state index contributed by atoms with van der Waals surface area (Å²) in [5, 5.41) is 17.2. The van der Waals surface area contributed by atoms with Crippen LogP contribution in [0.1, 0.15) is 19.8 Å². The zero-order valence-electron chi connectivity index (χ0n) is 11.2. The third-order valence-electron chi connectivity index (χ3n) is 3.22. The van der Waals surface area contributed by atoms with Crippen LogP contribution in [-0.4, -0.2) is 28.8 Å². The molecule has 108 valence electrons. The van der Waals surface area contributed by atoms with Crippen molar-refractivity contribution in [2.75, 3.05) is 11.9 Å². The summed E-state index contributed by atoms with van der Waals surface area (Å²) in [6.45, 7) is 2.83. The molecule has 0 bridgehead atoms. The molecule has 1 aliphatic rings. The smallest absolute Gasteiger partial charge is 0.269 e. The molecule has 1 saturated heterocycles. The zero-order chi connectivity index (χ0) is 14.5. The number of nitro groups is 1. The van der Waals surface area contributed by atoms with Gasteiger partial charge < -0.3 is 15.4 Å². The molecule has 2 rings (SSSR count). The number of hydrogen-bond acceptors (Lipinski definition) is 4. The van der Waals surface area contributed by atoms with Gasteiger partial charge in [-0.1, -0.05) is 0 Å². The zero-order valence-corrected chi connectivity index (χ0v) is 12.0. The monoisotopic (exact) mass is 295 g/mol. The second kappa shape index (κ2) is 6.62. The Kier molecular flexibility index (Phi) is 4.86. The van der Waals surface area contributed by atoms with Gasteiger partial charge in [0, 0.05) is 24.4 Å². The lowest BCUT2D eigenvalue weighted by Crippen LogP contribution is -2.42. The Hall–Kier alpha value is -1.73. The number of nitro benzene ring substituents is 1. The lowest BCUT2D eigenvalue weighted by Gasteiger charge is -2.21. The van der Waals surface area contributed by atoms with Crippen molar-refractivity contribution in [1.29, 1.82) is 0 Å². The van der Waals surface area contributed by atoms with Crippen molar-refractivity contribution in [3.8, 4) is 0 Å². The lowest BCUT2D eigenvalue weighted by atomic mass is 10.1. The van der Waals surface area contributed by atoms with Crippen LogP contribution in [0.3, 0.4) is 0 Å². The van der Waals surface area contributed by atoms with E-state index in [0.717, 1.165) is 19.4 Å². The Labute approximate surface area is 122 Å². The van der Waals surface area contributed by atoms with E-state index in [2.05, 4.69) is 10.6 Å². The topological polar surface area (TPSA) is 76.4 Å². The van der Waals surface area contributed by atoms with Gasteiger partial charge in [-0.05, 0) is 44.1 Å². The van der Waals surface area contributed by atoms with Crippen LogP contribution in [0.5, 0.6) is 0 Å². The number of hydrogen-bond donors (Lipinski definition) is 2. The van der Waals surface area contributed by atoms with Crippen molar-refractivity contribution in [1.82, 2.24) is 5.32 Å². The number of nitrogens with one attached hydrogen (secondary N) is 2. The predicted molar refractivity (Wildman–Crippen MR) is 80.9 cm³/mol. The summed E-state index contributed by atoms with van der Waals surface area (Å²) in [6, 6.07) is 6.27. The second-order valence-corrected chi connectivity index (χ2v) is 5.15. The van der Waals surface area contributed by atoms with Crippen molar-refractivity contribution >= 4 is 28.7 Å². The lowest BCUT2D eigenvalue weighted by molar-refractivity contribution is -0.384. The maximum atomic E-state index is 10.6. The fraction of sp³-hybridized carbons (Fsp3) is 0.462. The number of benzene rings is 1. The largest absolute Gasteiger partial charge is 0.376 e. The van der Waals surface area contributed by atoms with E-state index in [-0.39, 0.29) is 17.8 Å². The second-order valence-electron chi connectivity index (χ2n) is 4.74. The van der Waals surface area contributed by atoms with Gasteiger partial charge in [0.2, 0.25) is 0 Å². The average Bonchev–Trinajstić information content (AvgIpc) is 2.93. The molecule has 7 heteroatoms. The Morgan fingerprint density at radius 3 is 2.75 bits per heavy atom. The first kappa shape index (κ1) is 14.7. The molecule has 0 saturated carbocycles. The van der Waals surface area contributed by atoms with Crippen LogP contribution >= 0.6 is 12.2 Å². The highest BCUT2D eigenvalue weighted by Gasteiger charge is 2.22. The van der Waals surface area contributed by atoms with E-state index in [0.29, 0.717) is 10.8 Å². The minimum Gasteiger partial charge on any atom is -0.376 e. The number of rotatable bonds is 4. The Bertz CT molecular complexity index is 486. The summed E-state index contributed by atoms with van der Waals surface area (Å²) in [7, 11) is 0. The van der Waals surface area contributed by atoms with Crippen LogP contribution in [0.2, 0.25) is 0 Å². The van der Waals surface area contributed by atoms with Crippen LogP contribution in [0.4, 0.5) is 11.4 Å². The van der Waals surface area contributed by atoms with E-state index in [1.807, 2.05) is 6.92 Å². The fourth-order valence-corrected chi connectivity index (χ4v) is 2.43. The normalized spacial score (nSPS) is 19.4. The van der Waals surface area contributed by atoms with Gasteiger partial charge in [-0.3, -0.25) is 10.1 Å². The molecule has 0 spiro atoms. The first-order chi connectivity index (χ1) is 9.56. The summed E-state index contributed by atoms with van der Waals surface area (Å²) in [4.78, 5) is 10.1. The first-order valence-corrected chi connectivity index (χ1v) is 6.90. The van der Waals surface area contributed by atoms with E-state index in [4.69, 9.17) is 17.0 Å². The summed E-state index contributed by atoms with van der Waals surface area (Å²) in [5.41, 5.74) is 0.773. The molecule has 2 atom stereocenters. The van der Waals surface area contributed by atoms with Crippen molar-refractivity contribution in [2.24, 2.45) is 0 Å². The Morgan fingerprint density at radius 2 is 2.20 bits per heavy atom. The number of thiocarbonyl (C=S) groups is 1. The number of non-ortho nitro benzene ring substituents is 1. The number of anilines is 1. The van der Waals surface area contributed by atoms with Gasteiger partial charge in [-0.2, -0.15) is 0 Å². The highest BCUT2D eigenvalue weighted by molar-refractivity contribution is 7.80. The molecule has 1 aromatic carbocycles. The molecular formula is C13H17N3O3S. The molecule has 0 amide bonds. The third kappa shape index (κ3) is 3.88. The van der Waals surface area contributed by atoms with E-state index >= 15 is 0 Å². The van der Waals surface area contributed by atoms with Gasteiger partial charge in [0.15, 0.2) is 5.11 Å². The fourth-order valence-electron chi connectivity index (χ4n) is 2.13. The molecule has 2 N–H and O–H groups in total. The van der Waals surface area contributed by atoms with Crippen molar-refractivity contribution in [3.63, 3.8) is 0 Å². The van der Waals surface area contributed by atoms with Gasteiger partial charge in [0.05, 0.1) is 17.1 Å². The van der Waals surface area contributed by atoms with Gasteiger partial charge in [0.1, 0.15) is 0 Å². The molecular weight excluding hydrogens is 278 g/mol. The summed E-state index contributed by atoms with van der Waals surface area (Å²) in [5.74, 6) is 0. The van der Waals surface area contributed by atoms with E-state index < -0.39 is 4.92 Å². The minimum atomic E-state index is -0.431. The highest BCUT2D eigenvalue weighted by atomic mass is 32.1. The maximum Gasteiger partial charge on any atom is 0.269 e. The quantitative estimate of drug-likeness (QED) is 0.505. The van der Waals surface area contributed by atoms with Crippen molar-refractivity contribution in [3.05, 3.63) is 34.4 Å². The number of nitrogens with zero attached hydrogens (tertiary/aromatic N) is 1. The molecule has 1 fully saturated rings. The van der Waals surface area contributed by atoms with E-state index in [9.17, 15) is 10.1 Å². The van der Waals surface area contributed by atoms with Crippen LogP contribution in [0, 0.1) is 10.1 Å². The first-order valence-electron chi connectivity index (χ1n) is 6.50. The van der Waals surface area contributed by atoms with Gasteiger partial charge >= 0.3 is 0 Å². The van der Waals surface area contributed by atoms with Crippen LogP contribution in [0.15, 0.2) is 24.3 Å².